The molecule has 0 fully saturated rings. The largest absolute Gasteiger partial charge is 0.396 e. The number of aliphatic hydroxyl groups is 1. The zero-order valence-electron chi connectivity index (χ0n) is 8.83. The van der Waals surface area contributed by atoms with Crippen molar-refractivity contribution in [3.05, 3.63) is 18.2 Å². The molecule has 3 N–H and O–H groups in total. The van der Waals surface area contributed by atoms with E-state index < -0.39 is 0 Å². The van der Waals surface area contributed by atoms with Gasteiger partial charge in [-0.25, -0.2) is 4.98 Å². The van der Waals surface area contributed by atoms with Gasteiger partial charge in [0.05, 0.1) is 6.33 Å². The highest BCUT2D eigenvalue weighted by Crippen LogP contribution is 2.06. The molecule has 0 saturated heterocycles. The fraction of sp³-hybridized carbons (Fsp3) is 0.700. The minimum absolute atomic E-state index is 0.235. The summed E-state index contributed by atoms with van der Waals surface area (Å²) in [5, 5.41) is 12.3. The van der Waals surface area contributed by atoms with Crippen molar-refractivity contribution in [3.63, 3.8) is 0 Å². The average Bonchev–Trinajstić information content (AvgIpc) is 2.64. The van der Waals surface area contributed by atoms with E-state index in [1.807, 2.05) is 6.20 Å². The number of H-pyrrole nitrogens is 1. The minimum Gasteiger partial charge on any atom is -0.396 e. The van der Waals surface area contributed by atoms with Crippen molar-refractivity contribution in [2.75, 3.05) is 6.61 Å². The van der Waals surface area contributed by atoms with Crippen molar-refractivity contribution >= 4 is 0 Å². The van der Waals surface area contributed by atoms with Crippen molar-refractivity contribution in [2.45, 2.75) is 32.9 Å². The molecule has 1 rings (SSSR count). The summed E-state index contributed by atoms with van der Waals surface area (Å²) < 4.78 is 0. The maximum absolute atomic E-state index is 8.88. The number of aromatic nitrogens is 2. The van der Waals surface area contributed by atoms with Crippen LogP contribution < -0.4 is 5.32 Å². The van der Waals surface area contributed by atoms with Crippen molar-refractivity contribution in [3.8, 4) is 0 Å². The second-order valence-electron chi connectivity index (χ2n) is 3.82. The number of rotatable bonds is 6. The van der Waals surface area contributed by atoms with Gasteiger partial charge >= 0.3 is 0 Å². The van der Waals surface area contributed by atoms with E-state index in [-0.39, 0.29) is 6.61 Å². The Morgan fingerprint density at radius 3 is 2.86 bits per heavy atom. The summed E-state index contributed by atoms with van der Waals surface area (Å²) in [6.07, 6.45) is 4.28. The van der Waals surface area contributed by atoms with Gasteiger partial charge in [-0.3, -0.25) is 0 Å². The average molecular weight is 197 g/mol. The summed E-state index contributed by atoms with van der Waals surface area (Å²) in [6.45, 7) is 5.32. The van der Waals surface area contributed by atoms with Gasteiger partial charge in [-0.15, -0.1) is 0 Å². The Balaban J connectivity index is 2.33. The lowest BCUT2D eigenvalue weighted by Gasteiger charge is -2.21. The van der Waals surface area contributed by atoms with Crippen LogP contribution in [0, 0.1) is 5.92 Å². The maximum Gasteiger partial charge on any atom is 0.0922 e. The van der Waals surface area contributed by atoms with Crippen LogP contribution in [0.5, 0.6) is 0 Å². The van der Waals surface area contributed by atoms with Crippen LogP contribution >= 0.6 is 0 Å². The molecule has 80 valence electrons. The van der Waals surface area contributed by atoms with Gasteiger partial charge in [-0.2, -0.15) is 0 Å². The van der Waals surface area contributed by atoms with E-state index in [2.05, 4.69) is 29.1 Å². The molecule has 0 saturated carbocycles. The third-order valence-electron chi connectivity index (χ3n) is 2.35. The van der Waals surface area contributed by atoms with Gasteiger partial charge < -0.3 is 15.4 Å². The summed E-state index contributed by atoms with van der Waals surface area (Å²) >= 11 is 0. The lowest BCUT2D eigenvalue weighted by atomic mass is 10.0. The van der Waals surface area contributed by atoms with E-state index in [0.717, 1.165) is 18.7 Å². The van der Waals surface area contributed by atoms with Gasteiger partial charge in [0, 0.05) is 31.1 Å². The van der Waals surface area contributed by atoms with Crippen molar-refractivity contribution in [1.29, 1.82) is 0 Å². The predicted molar refractivity (Wildman–Crippen MR) is 55.8 cm³/mol. The van der Waals surface area contributed by atoms with Gasteiger partial charge in [0.15, 0.2) is 0 Å². The molecule has 0 aliphatic rings. The van der Waals surface area contributed by atoms with Crippen LogP contribution in [0.25, 0.3) is 0 Å². The van der Waals surface area contributed by atoms with Gasteiger partial charge in [0.2, 0.25) is 0 Å². The molecule has 0 bridgehead atoms. The summed E-state index contributed by atoms with van der Waals surface area (Å²) in [7, 11) is 0. The molecule has 0 aliphatic heterocycles. The van der Waals surface area contributed by atoms with Crippen molar-refractivity contribution in [1.82, 2.24) is 15.3 Å². The molecule has 0 amide bonds. The quantitative estimate of drug-likeness (QED) is 0.635. The van der Waals surface area contributed by atoms with Crippen LogP contribution in [-0.2, 0) is 6.54 Å². The van der Waals surface area contributed by atoms with Gasteiger partial charge in [0.25, 0.3) is 0 Å². The van der Waals surface area contributed by atoms with Crippen LogP contribution in [0.1, 0.15) is 26.0 Å². The van der Waals surface area contributed by atoms with E-state index in [1.54, 1.807) is 6.33 Å². The first-order chi connectivity index (χ1) is 6.74. The van der Waals surface area contributed by atoms with Crippen molar-refractivity contribution in [2.24, 2.45) is 5.92 Å². The van der Waals surface area contributed by atoms with E-state index in [9.17, 15) is 0 Å². The molecular weight excluding hydrogens is 178 g/mol. The number of hydrogen-bond acceptors (Lipinski definition) is 3. The number of nitrogens with zero attached hydrogens (tertiary/aromatic N) is 1. The molecule has 1 aromatic rings. The number of aliphatic hydroxyl groups excluding tert-OH is 1. The summed E-state index contributed by atoms with van der Waals surface area (Å²) in [5.74, 6) is 0.532. The first kappa shape index (κ1) is 11.2. The monoisotopic (exact) mass is 197 g/mol. The molecule has 1 aromatic heterocycles. The van der Waals surface area contributed by atoms with Crippen molar-refractivity contribution < 1.29 is 5.11 Å². The molecule has 0 spiro atoms. The van der Waals surface area contributed by atoms with Crippen LogP contribution in [0.4, 0.5) is 0 Å². The normalized spacial score (nSPS) is 13.4. The molecule has 4 nitrogen and oxygen atoms in total. The zero-order chi connectivity index (χ0) is 10.4. The van der Waals surface area contributed by atoms with Gasteiger partial charge in [-0.1, -0.05) is 13.8 Å². The van der Waals surface area contributed by atoms with E-state index in [1.165, 1.54) is 0 Å². The lowest BCUT2D eigenvalue weighted by Crippen LogP contribution is -2.34. The minimum atomic E-state index is 0.235. The second-order valence-corrected chi connectivity index (χ2v) is 3.82. The van der Waals surface area contributed by atoms with E-state index >= 15 is 0 Å². The zero-order valence-corrected chi connectivity index (χ0v) is 8.83. The van der Waals surface area contributed by atoms with Gasteiger partial charge in [-0.05, 0) is 12.3 Å². The third-order valence-corrected chi connectivity index (χ3v) is 2.35. The number of imidazole rings is 1. The topological polar surface area (TPSA) is 60.9 Å². The summed E-state index contributed by atoms with van der Waals surface area (Å²) in [5.41, 5.74) is 1.08. The first-order valence-corrected chi connectivity index (χ1v) is 5.05. The second kappa shape index (κ2) is 5.78. The Hall–Kier alpha value is -0.870. The van der Waals surface area contributed by atoms with Gasteiger partial charge in [0.1, 0.15) is 0 Å². The SMILES string of the molecule is CC(C)C(CCO)NCc1cnc[nH]1. The van der Waals surface area contributed by atoms with Crippen LogP contribution in [0.15, 0.2) is 12.5 Å². The fourth-order valence-electron chi connectivity index (χ4n) is 1.43. The highest BCUT2D eigenvalue weighted by molar-refractivity contribution is 4.93. The number of aromatic amines is 1. The highest BCUT2D eigenvalue weighted by atomic mass is 16.3. The number of hydrogen-bond donors (Lipinski definition) is 3. The highest BCUT2D eigenvalue weighted by Gasteiger charge is 2.11. The Morgan fingerprint density at radius 2 is 2.36 bits per heavy atom. The number of nitrogens with one attached hydrogen (secondary N) is 2. The molecule has 4 heteroatoms. The lowest BCUT2D eigenvalue weighted by molar-refractivity contribution is 0.243. The molecule has 1 heterocycles. The Morgan fingerprint density at radius 1 is 1.57 bits per heavy atom. The molecule has 0 radical (unpaired) electrons. The Bertz CT molecular complexity index is 234. The summed E-state index contributed by atoms with van der Waals surface area (Å²) in [6, 6.07) is 0.364. The molecule has 0 aliphatic carbocycles. The molecule has 1 unspecified atom stereocenters. The van der Waals surface area contributed by atoms with E-state index in [0.29, 0.717) is 12.0 Å². The fourth-order valence-corrected chi connectivity index (χ4v) is 1.43. The molecule has 14 heavy (non-hydrogen) atoms. The third kappa shape index (κ3) is 3.47. The van der Waals surface area contributed by atoms with Crippen LogP contribution in [0.3, 0.4) is 0 Å². The predicted octanol–water partition coefficient (Wildman–Crippen LogP) is 0.906. The van der Waals surface area contributed by atoms with E-state index in [4.69, 9.17) is 5.11 Å². The van der Waals surface area contributed by atoms with Crippen LogP contribution in [-0.4, -0.2) is 27.7 Å². The molecule has 1 atom stereocenters. The van der Waals surface area contributed by atoms with Crippen LogP contribution in [0.2, 0.25) is 0 Å². The first-order valence-electron chi connectivity index (χ1n) is 5.05. The Kier molecular flexibility index (Phi) is 4.62. The Labute approximate surface area is 84.8 Å². The summed E-state index contributed by atoms with van der Waals surface area (Å²) in [4.78, 5) is 6.98. The smallest absolute Gasteiger partial charge is 0.0922 e. The molecular formula is C10H19N3O. The maximum atomic E-state index is 8.88. The standard InChI is InChI=1S/C10H19N3O/c1-8(2)10(3-4-14)12-6-9-5-11-7-13-9/h5,7-8,10,12,14H,3-4,6H2,1-2H3,(H,11,13). The molecule has 0 aromatic carbocycles.